The molecule has 0 bridgehead atoms. The van der Waals surface area contributed by atoms with Crippen LogP contribution < -0.4 is 0 Å². The van der Waals surface area contributed by atoms with E-state index in [-0.39, 0.29) is 23.2 Å². The van der Waals surface area contributed by atoms with Crippen molar-refractivity contribution in [1.29, 1.82) is 0 Å². The molecular weight excluding hydrogens is 388 g/mol. The van der Waals surface area contributed by atoms with Crippen LogP contribution in [0.2, 0.25) is 5.02 Å². The van der Waals surface area contributed by atoms with Gasteiger partial charge >= 0.3 is 5.97 Å². The minimum absolute atomic E-state index is 0.0869. The number of esters is 1. The summed E-state index contributed by atoms with van der Waals surface area (Å²) in [6.07, 6.45) is 3.31. The van der Waals surface area contributed by atoms with Gasteiger partial charge in [0.25, 0.3) is 0 Å². The number of ketones is 2. The SMILES string of the molecule is CC(=O)OC1=C([C@H]2CC[C@H](c3ccc(Cl)cc3)CC2)C(=O)c2ccccc2C1=O. The van der Waals surface area contributed by atoms with Gasteiger partial charge in [0.05, 0.1) is 5.57 Å². The van der Waals surface area contributed by atoms with Gasteiger partial charge in [-0.1, -0.05) is 48.0 Å². The Morgan fingerprint density at radius 2 is 1.41 bits per heavy atom. The Morgan fingerprint density at radius 3 is 2.00 bits per heavy atom. The van der Waals surface area contributed by atoms with E-state index >= 15 is 0 Å². The standard InChI is InChI=1S/C24H21ClO4/c1-14(26)29-24-21(22(27)19-4-2-3-5-20(19)23(24)28)17-8-6-15(7-9-17)16-10-12-18(25)13-11-16/h2-5,10-13,15,17H,6-9H2,1H3/t15-,17-. The van der Waals surface area contributed by atoms with Crippen molar-refractivity contribution < 1.29 is 19.1 Å². The van der Waals surface area contributed by atoms with E-state index in [4.69, 9.17) is 16.3 Å². The Bertz CT molecular complexity index is 1010. The molecule has 0 unspecified atom stereocenters. The fourth-order valence-electron chi connectivity index (χ4n) is 4.44. The zero-order chi connectivity index (χ0) is 20.5. The summed E-state index contributed by atoms with van der Waals surface area (Å²) in [5.74, 6) is -0.971. The predicted octanol–water partition coefficient (Wildman–Crippen LogP) is 5.51. The largest absolute Gasteiger partial charge is 0.422 e. The van der Waals surface area contributed by atoms with Crippen LogP contribution in [0.3, 0.4) is 0 Å². The Kier molecular flexibility index (Phi) is 5.37. The lowest BCUT2D eigenvalue weighted by Gasteiger charge is -2.32. The number of ether oxygens (including phenoxy) is 1. The molecule has 148 valence electrons. The van der Waals surface area contributed by atoms with Crippen LogP contribution in [0.15, 0.2) is 59.9 Å². The number of carbonyl (C=O) groups is 3. The van der Waals surface area contributed by atoms with E-state index < -0.39 is 5.97 Å². The van der Waals surface area contributed by atoms with E-state index in [2.05, 4.69) is 0 Å². The van der Waals surface area contributed by atoms with Crippen molar-refractivity contribution >= 4 is 29.1 Å². The second-order valence-electron chi connectivity index (χ2n) is 7.64. The first-order valence-electron chi connectivity index (χ1n) is 9.82. The number of carbonyl (C=O) groups excluding carboxylic acids is 3. The van der Waals surface area contributed by atoms with Crippen LogP contribution in [-0.4, -0.2) is 17.5 Å². The number of Topliss-reactive ketones (excluding diaryl/α,β-unsaturated/α-hetero) is 2. The van der Waals surface area contributed by atoms with Gasteiger partial charge in [-0.05, 0) is 55.2 Å². The van der Waals surface area contributed by atoms with Crippen LogP contribution in [0.4, 0.5) is 0 Å². The van der Waals surface area contributed by atoms with E-state index in [0.29, 0.717) is 27.6 Å². The number of fused-ring (bicyclic) bond motifs is 1. The monoisotopic (exact) mass is 408 g/mol. The number of allylic oxidation sites excluding steroid dienone is 2. The highest BCUT2D eigenvalue weighted by Gasteiger charge is 2.39. The maximum absolute atomic E-state index is 13.2. The lowest BCUT2D eigenvalue weighted by Crippen LogP contribution is -2.30. The molecule has 2 aromatic carbocycles. The molecule has 2 aliphatic carbocycles. The van der Waals surface area contributed by atoms with Crippen LogP contribution >= 0.6 is 11.6 Å². The average Bonchev–Trinajstić information content (AvgIpc) is 2.73. The Morgan fingerprint density at radius 1 is 0.862 bits per heavy atom. The van der Waals surface area contributed by atoms with Crippen LogP contribution in [0.25, 0.3) is 0 Å². The molecule has 0 radical (unpaired) electrons. The van der Waals surface area contributed by atoms with Crippen LogP contribution in [0.1, 0.15) is 64.8 Å². The average molecular weight is 409 g/mol. The third-order valence-electron chi connectivity index (χ3n) is 5.83. The maximum Gasteiger partial charge on any atom is 0.308 e. The summed E-state index contributed by atoms with van der Waals surface area (Å²) < 4.78 is 5.28. The van der Waals surface area contributed by atoms with Crippen LogP contribution in [0, 0.1) is 5.92 Å². The number of hydrogen-bond acceptors (Lipinski definition) is 4. The number of rotatable bonds is 3. The minimum atomic E-state index is -0.590. The van der Waals surface area contributed by atoms with Gasteiger partial charge in [-0.15, -0.1) is 0 Å². The Hall–Kier alpha value is -2.72. The Labute approximate surface area is 174 Å². The summed E-state index contributed by atoms with van der Waals surface area (Å²) in [5, 5.41) is 0.712. The topological polar surface area (TPSA) is 60.4 Å². The van der Waals surface area contributed by atoms with E-state index in [1.807, 2.05) is 24.3 Å². The smallest absolute Gasteiger partial charge is 0.308 e. The summed E-state index contributed by atoms with van der Waals surface area (Å²) >= 11 is 5.99. The predicted molar refractivity (Wildman–Crippen MR) is 110 cm³/mol. The van der Waals surface area contributed by atoms with Crippen LogP contribution in [-0.2, 0) is 9.53 Å². The van der Waals surface area contributed by atoms with Crippen molar-refractivity contribution in [2.24, 2.45) is 5.92 Å². The summed E-state index contributed by atoms with van der Waals surface area (Å²) in [4.78, 5) is 37.8. The summed E-state index contributed by atoms with van der Waals surface area (Å²) in [6.45, 7) is 1.25. The molecule has 0 aromatic heterocycles. The first-order valence-corrected chi connectivity index (χ1v) is 10.2. The first kappa shape index (κ1) is 19.6. The van der Waals surface area contributed by atoms with E-state index in [1.165, 1.54) is 12.5 Å². The zero-order valence-electron chi connectivity index (χ0n) is 16.1. The zero-order valence-corrected chi connectivity index (χ0v) is 16.9. The summed E-state index contributed by atoms with van der Waals surface area (Å²) in [6, 6.07) is 14.6. The molecule has 0 spiro atoms. The molecule has 0 N–H and O–H groups in total. The molecule has 0 aliphatic heterocycles. The second kappa shape index (κ2) is 7.96. The van der Waals surface area contributed by atoms with Gasteiger partial charge in [0.15, 0.2) is 11.5 Å². The molecule has 2 aliphatic rings. The first-order chi connectivity index (χ1) is 14.0. The molecule has 0 amide bonds. The Balaban J connectivity index is 1.63. The van der Waals surface area contributed by atoms with Crippen molar-refractivity contribution in [3.05, 3.63) is 81.6 Å². The molecule has 2 aromatic rings. The van der Waals surface area contributed by atoms with Crippen molar-refractivity contribution in [3.8, 4) is 0 Å². The molecule has 1 fully saturated rings. The third-order valence-corrected chi connectivity index (χ3v) is 6.09. The normalized spacial score (nSPS) is 21.7. The van der Waals surface area contributed by atoms with Gasteiger partial charge in [0.1, 0.15) is 0 Å². The lowest BCUT2D eigenvalue weighted by molar-refractivity contribution is -0.136. The molecule has 29 heavy (non-hydrogen) atoms. The van der Waals surface area contributed by atoms with Gasteiger partial charge in [0.2, 0.25) is 5.78 Å². The molecule has 0 atom stereocenters. The van der Waals surface area contributed by atoms with Gasteiger partial charge in [-0.25, -0.2) is 0 Å². The van der Waals surface area contributed by atoms with Gasteiger partial charge in [-0.3, -0.25) is 14.4 Å². The fraction of sp³-hybridized carbons (Fsp3) is 0.292. The highest BCUT2D eigenvalue weighted by Crippen LogP contribution is 2.42. The molecule has 5 heteroatoms. The second-order valence-corrected chi connectivity index (χ2v) is 8.08. The van der Waals surface area contributed by atoms with Crippen molar-refractivity contribution in [1.82, 2.24) is 0 Å². The number of halogens is 1. The van der Waals surface area contributed by atoms with Crippen LogP contribution in [0.5, 0.6) is 0 Å². The van der Waals surface area contributed by atoms with E-state index in [1.54, 1.807) is 24.3 Å². The highest BCUT2D eigenvalue weighted by atomic mass is 35.5. The third kappa shape index (κ3) is 3.77. The van der Waals surface area contributed by atoms with Crippen molar-refractivity contribution in [2.75, 3.05) is 0 Å². The molecular formula is C24H21ClO4. The summed E-state index contributed by atoms with van der Waals surface area (Å²) in [5.41, 5.74) is 2.28. The van der Waals surface area contributed by atoms with E-state index in [0.717, 1.165) is 25.7 Å². The molecule has 4 rings (SSSR count). The molecule has 0 saturated heterocycles. The van der Waals surface area contributed by atoms with E-state index in [9.17, 15) is 14.4 Å². The van der Waals surface area contributed by atoms with Gasteiger partial charge in [0, 0.05) is 23.1 Å². The number of hydrogen-bond donors (Lipinski definition) is 0. The van der Waals surface area contributed by atoms with Crippen molar-refractivity contribution in [3.63, 3.8) is 0 Å². The molecule has 0 heterocycles. The fourth-order valence-corrected chi connectivity index (χ4v) is 4.56. The minimum Gasteiger partial charge on any atom is -0.422 e. The molecule has 4 nitrogen and oxygen atoms in total. The number of benzene rings is 2. The van der Waals surface area contributed by atoms with Gasteiger partial charge in [-0.2, -0.15) is 0 Å². The quantitative estimate of drug-likeness (QED) is 0.628. The lowest BCUT2D eigenvalue weighted by atomic mass is 9.72. The molecule has 1 saturated carbocycles. The van der Waals surface area contributed by atoms with Crippen molar-refractivity contribution in [2.45, 2.75) is 38.5 Å². The van der Waals surface area contributed by atoms with Gasteiger partial charge < -0.3 is 4.74 Å². The maximum atomic E-state index is 13.2. The summed E-state index contributed by atoms with van der Waals surface area (Å²) in [7, 11) is 0. The highest BCUT2D eigenvalue weighted by molar-refractivity contribution is 6.30.